The van der Waals surface area contributed by atoms with Crippen molar-refractivity contribution in [2.75, 3.05) is 40.5 Å². The zero-order valence-corrected chi connectivity index (χ0v) is 26.5. The van der Waals surface area contributed by atoms with Crippen LogP contribution < -0.4 is 55.2 Å². The van der Waals surface area contributed by atoms with E-state index in [2.05, 4.69) is 11.5 Å². The molecular weight excluding hydrogens is 589 g/mol. The van der Waals surface area contributed by atoms with Crippen molar-refractivity contribution >= 4 is 17.9 Å². The number of aliphatic hydroxyl groups is 1. The monoisotopic (exact) mass is 623 g/mol. The summed E-state index contributed by atoms with van der Waals surface area (Å²) in [6, 6.07) is 10.7. The third kappa shape index (κ3) is 14.4. The average molecular weight is 626 g/mol. The number of halogens is 2. The summed E-state index contributed by atoms with van der Waals surface area (Å²) in [5.74, 6) is 1.85. The van der Waals surface area contributed by atoms with E-state index in [1.54, 1.807) is 50.6 Å². The Hall–Kier alpha value is -2.59. The molecule has 0 fully saturated rings. The molecule has 0 saturated carbocycles. The Kier molecular flexibility index (Phi) is 26.3. The van der Waals surface area contributed by atoms with E-state index in [-0.39, 0.29) is 68.7 Å². The Morgan fingerprint density at radius 2 is 1.24 bits per heavy atom. The summed E-state index contributed by atoms with van der Waals surface area (Å²) in [7, 11) is 3.11. The van der Waals surface area contributed by atoms with Crippen LogP contribution in [-0.2, 0) is 24.3 Å². The SMILES string of the molecule is COc1cc(/C=C/C(=O)C=C(O)/C=C/c2ccc(OCC[NH3+])c(OC)c2)ccc1OCC[NH3+].O.[CH3-].[Cl-].[Cl-].[Zn]. The van der Waals surface area contributed by atoms with Crippen molar-refractivity contribution in [2.24, 2.45) is 0 Å². The van der Waals surface area contributed by atoms with E-state index < -0.39 is 0 Å². The first kappa shape index (κ1) is 42.5. The van der Waals surface area contributed by atoms with Gasteiger partial charge < -0.3 is 73.2 Å². The first-order chi connectivity index (χ1) is 16.0. The first-order valence-corrected chi connectivity index (χ1v) is 10.5. The Balaban J connectivity index is -0.00000116. The number of ketones is 1. The van der Waals surface area contributed by atoms with Crippen LogP contribution in [0.3, 0.4) is 0 Å². The van der Waals surface area contributed by atoms with Crippen molar-refractivity contribution in [3.63, 3.8) is 0 Å². The van der Waals surface area contributed by atoms with Gasteiger partial charge in [0.05, 0.1) is 14.2 Å². The van der Waals surface area contributed by atoms with Gasteiger partial charge in [-0.3, -0.25) is 4.79 Å². The summed E-state index contributed by atoms with van der Waals surface area (Å²) in [5, 5.41) is 10.1. The van der Waals surface area contributed by atoms with Gasteiger partial charge in [-0.05, 0) is 47.5 Å². The minimum atomic E-state index is -0.358. The molecular formula is C26H37Cl2N2O7Zn-. The predicted octanol–water partition coefficient (Wildman–Crippen LogP) is -4.69. The number of hydrogen-bond acceptors (Lipinski definition) is 6. The third-order valence-corrected chi connectivity index (χ3v) is 4.36. The summed E-state index contributed by atoms with van der Waals surface area (Å²) in [5.41, 5.74) is 9.03. The molecule has 0 spiro atoms. The smallest absolute Gasteiger partial charge is 0.182 e. The van der Waals surface area contributed by atoms with Crippen LogP contribution in [0.5, 0.6) is 23.0 Å². The van der Waals surface area contributed by atoms with Gasteiger partial charge in [-0.1, -0.05) is 24.3 Å². The third-order valence-electron chi connectivity index (χ3n) is 4.36. The number of methoxy groups -OCH3 is 2. The number of ether oxygens (including phenoxy) is 4. The summed E-state index contributed by atoms with van der Waals surface area (Å²) in [6.45, 7) is 2.28. The molecule has 0 heterocycles. The fourth-order valence-electron chi connectivity index (χ4n) is 2.78. The van der Waals surface area contributed by atoms with Gasteiger partial charge in [-0.15, -0.1) is 0 Å². The van der Waals surface area contributed by atoms with Gasteiger partial charge in [0.25, 0.3) is 0 Å². The average Bonchev–Trinajstić information content (AvgIpc) is 2.83. The van der Waals surface area contributed by atoms with E-state index in [0.717, 1.165) is 17.2 Å². The summed E-state index contributed by atoms with van der Waals surface area (Å²) in [6.07, 6.45) is 7.26. The topological polar surface area (TPSA) is 161 Å². The standard InChI is InChI=1S/C25H30N2O6.CH3.2ClH.H2O.Zn/c1-30-24-15-18(5-9-22(24)32-13-11-26)3-7-20(28)17-21(29)8-4-19-6-10-23(33-14-12-27)25(16-19)31-2;;;;;/h3-10,15-17,28H,11-14,26-27H2,1-2H3;1H3;2*1H;1H2;/q;-1;;;;/b7-3+,8-4+,20-17?;;;;;. The normalized spacial score (nSPS) is 10.2. The molecule has 0 aromatic heterocycles. The van der Waals surface area contributed by atoms with Crippen LogP contribution in [0.25, 0.3) is 12.2 Å². The molecule has 0 aliphatic heterocycles. The van der Waals surface area contributed by atoms with Gasteiger partial charge >= 0.3 is 0 Å². The number of benzene rings is 2. The molecule has 0 radical (unpaired) electrons. The Bertz CT molecular complexity index is 1030. The van der Waals surface area contributed by atoms with E-state index in [1.807, 2.05) is 12.1 Å². The van der Waals surface area contributed by atoms with Crippen LogP contribution in [0.2, 0.25) is 0 Å². The minimum Gasteiger partial charge on any atom is -1.00 e. The van der Waals surface area contributed by atoms with E-state index in [9.17, 15) is 9.90 Å². The van der Waals surface area contributed by atoms with Crippen molar-refractivity contribution in [2.45, 2.75) is 0 Å². The van der Waals surface area contributed by atoms with Crippen LogP contribution in [0.15, 0.2) is 60.4 Å². The molecule has 0 unspecified atom stereocenters. The quantitative estimate of drug-likeness (QED) is 0.0667. The number of aliphatic hydroxyl groups excluding tert-OH is 1. The first-order valence-electron chi connectivity index (χ1n) is 10.5. The summed E-state index contributed by atoms with van der Waals surface area (Å²) < 4.78 is 21.8. The number of rotatable bonds is 13. The Morgan fingerprint density at radius 1 is 0.816 bits per heavy atom. The van der Waals surface area contributed by atoms with Gasteiger partial charge in [0, 0.05) is 25.6 Å². The molecule has 2 aromatic carbocycles. The largest absolute Gasteiger partial charge is 1.00 e. The molecule has 2 rings (SSSR count). The fraction of sp³-hybridized carbons (Fsp3) is 0.231. The van der Waals surface area contributed by atoms with Crippen LogP contribution in [0.4, 0.5) is 0 Å². The Labute approximate surface area is 249 Å². The molecule has 2 aromatic rings. The number of carbonyl (C=O) groups excluding carboxylic acids is 1. The zero-order valence-electron chi connectivity index (χ0n) is 22.0. The molecule has 0 aliphatic carbocycles. The van der Waals surface area contributed by atoms with Gasteiger partial charge in [-0.2, -0.15) is 0 Å². The molecule has 0 bridgehead atoms. The summed E-state index contributed by atoms with van der Waals surface area (Å²) >= 11 is 0. The maximum absolute atomic E-state index is 12.2. The van der Waals surface area contributed by atoms with Gasteiger partial charge in [0.15, 0.2) is 28.8 Å². The van der Waals surface area contributed by atoms with Crippen LogP contribution >= 0.6 is 0 Å². The summed E-state index contributed by atoms with van der Waals surface area (Å²) in [4.78, 5) is 12.2. The van der Waals surface area contributed by atoms with E-state index in [4.69, 9.17) is 18.9 Å². The van der Waals surface area contributed by atoms with Crippen LogP contribution in [-0.4, -0.2) is 56.9 Å². The molecule has 0 atom stereocenters. The van der Waals surface area contributed by atoms with E-state index in [1.165, 1.54) is 12.2 Å². The van der Waals surface area contributed by atoms with Crippen molar-refractivity contribution < 1.29 is 90.1 Å². The van der Waals surface area contributed by atoms with Crippen LogP contribution in [0.1, 0.15) is 11.1 Å². The van der Waals surface area contributed by atoms with E-state index in [0.29, 0.717) is 49.3 Å². The second-order valence-electron chi connectivity index (χ2n) is 6.86. The van der Waals surface area contributed by atoms with E-state index >= 15 is 0 Å². The molecule has 210 valence electrons. The van der Waals surface area contributed by atoms with Crippen molar-refractivity contribution in [1.82, 2.24) is 0 Å². The molecule has 12 heteroatoms. The van der Waals surface area contributed by atoms with Gasteiger partial charge in [0.1, 0.15) is 32.1 Å². The van der Waals surface area contributed by atoms with Gasteiger partial charge in [-0.25, -0.2) is 0 Å². The zero-order chi connectivity index (χ0) is 24.1. The maximum Gasteiger partial charge on any atom is 0.182 e. The number of quaternary nitrogens is 2. The predicted molar refractivity (Wildman–Crippen MR) is 136 cm³/mol. The van der Waals surface area contributed by atoms with Crippen LogP contribution in [0, 0.1) is 7.43 Å². The van der Waals surface area contributed by atoms with Crippen molar-refractivity contribution in [3.8, 4) is 23.0 Å². The molecule has 0 saturated heterocycles. The number of carbonyl (C=O) groups is 1. The van der Waals surface area contributed by atoms with Crippen molar-refractivity contribution in [3.05, 3.63) is 78.9 Å². The molecule has 0 amide bonds. The number of hydrogen-bond donors (Lipinski definition) is 3. The van der Waals surface area contributed by atoms with Crippen molar-refractivity contribution in [1.29, 1.82) is 0 Å². The maximum atomic E-state index is 12.2. The molecule has 9 nitrogen and oxygen atoms in total. The second kappa shape index (κ2) is 23.5. The Morgan fingerprint density at radius 3 is 1.63 bits per heavy atom. The fourth-order valence-corrected chi connectivity index (χ4v) is 2.78. The number of allylic oxidation sites excluding steroid dienone is 3. The molecule has 38 heavy (non-hydrogen) atoms. The minimum absolute atomic E-state index is 0. The molecule has 9 N–H and O–H groups in total. The second-order valence-corrected chi connectivity index (χ2v) is 6.86. The van der Waals surface area contributed by atoms with Gasteiger partial charge in [0.2, 0.25) is 0 Å². The molecule has 0 aliphatic rings.